The predicted octanol–water partition coefficient (Wildman–Crippen LogP) is 6.79. The van der Waals surface area contributed by atoms with Crippen molar-refractivity contribution in [3.05, 3.63) is 105 Å². The minimum absolute atomic E-state index is 0.0103. The van der Waals surface area contributed by atoms with Crippen LogP contribution in [0.15, 0.2) is 82.2 Å². The molecule has 164 valence electrons. The molecule has 33 heavy (non-hydrogen) atoms. The lowest BCUT2D eigenvalue weighted by Gasteiger charge is -2.36. The minimum Gasteiger partial charge on any atom is -0.357 e. The summed E-state index contributed by atoms with van der Waals surface area (Å²) in [6.07, 6.45) is 0.978. The van der Waals surface area contributed by atoms with Gasteiger partial charge in [-0.15, -0.1) is 5.10 Å². The summed E-state index contributed by atoms with van der Waals surface area (Å²) in [6.45, 7) is 2.27. The second-order valence-corrected chi connectivity index (χ2v) is 9.25. The molecule has 2 aliphatic rings. The number of para-hydroxylation sites is 1. The molecule has 1 atom stereocenters. The minimum atomic E-state index is -0.0103. The van der Waals surface area contributed by atoms with E-state index in [9.17, 15) is 0 Å². The van der Waals surface area contributed by atoms with Gasteiger partial charge in [-0.3, -0.25) is 4.90 Å². The third-order valence-electron chi connectivity index (χ3n) is 6.53. The molecule has 0 saturated heterocycles. The molecular weight excluding hydrogens is 453 g/mol. The largest absolute Gasteiger partial charge is 0.357 e. The number of aromatic nitrogens is 1. The van der Waals surface area contributed by atoms with Gasteiger partial charge in [0.25, 0.3) is 0 Å². The molecule has 2 aliphatic heterocycles. The first-order chi connectivity index (χ1) is 16.2. The highest BCUT2D eigenvalue weighted by Crippen LogP contribution is 2.42. The van der Waals surface area contributed by atoms with E-state index in [1.54, 1.807) is 0 Å². The molecule has 0 radical (unpaired) electrons. The number of rotatable bonds is 4. The Kier molecular flexibility index (Phi) is 5.25. The van der Waals surface area contributed by atoms with Gasteiger partial charge >= 0.3 is 0 Å². The van der Waals surface area contributed by atoms with Gasteiger partial charge in [-0.2, -0.15) is 5.11 Å². The number of benzene rings is 3. The van der Waals surface area contributed by atoms with Crippen LogP contribution in [0.4, 0.5) is 0 Å². The zero-order valence-corrected chi connectivity index (χ0v) is 19.3. The normalized spacial score (nSPS) is 18.0. The highest BCUT2D eigenvalue weighted by molar-refractivity contribution is 6.42. The van der Waals surface area contributed by atoms with Crippen molar-refractivity contribution in [1.82, 2.24) is 9.88 Å². The molecule has 1 unspecified atom stereocenters. The van der Waals surface area contributed by atoms with E-state index in [1.807, 2.05) is 12.1 Å². The van der Waals surface area contributed by atoms with E-state index < -0.39 is 0 Å². The highest BCUT2D eigenvalue weighted by atomic mass is 35.5. The van der Waals surface area contributed by atoms with Gasteiger partial charge in [-0.05, 0) is 46.0 Å². The molecular formula is C26H21Cl2N5. The number of fused-ring (bicyclic) bond motifs is 3. The number of nitrogens with one attached hydrogen (secondary N) is 1. The van der Waals surface area contributed by atoms with Crippen molar-refractivity contribution in [1.29, 1.82) is 0 Å². The van der Waals surface area contributed by atoms with E-state index >= 15 is 0 Å². The molecule has 1 aromatic heterocycles. The van der Waals surface area contributed by atoms with Crippen molar-refractivity contribution in [2.45, 2.75) is 19.0 Å². The van der Waals surface area contributed by atoms with Crippen LogP contribution in [0.3, 0.4) is 0 Å². The van der Waals surface area contributed by atoms with Gasteiger partial charge in [-0.1, -0.05) is 77.8 Å². The van der Waals surface area contributed by atoms with Crippen molar-refractivity contribution in [2.75, 3.05) is 13.1 Å². The maximum Gasteiger partial charge on any atom is 0.107 e. The van der Waals surface area contributed by atoms with Gasteiger partial charge in [0.2, 0.25) is 0 Å². The molecule has 0 fully saturated rings. The number of hydrogen-bond acceptors (Lipinski definition) is 4. The summed E-state index contributed by atoms with van der Waals surface area (Å²) >= 11 is 13.2. The first kappa shape index (κ1) is 20.6. The molecule has 0 aliphatic carbocycles. The van der Waals surface area contributed by atoms with Crippen molar-refractivity contribution in [3.8, 4) is 0 Å². The molecule has 3 aromatic carbocycles. The van der Waals surface area contributed by atoms with E-state index in [0.29, 0.717) is 16.6 Å². The van der Waals surface area contributed by atoms with Gasteiger partial charge in [0.05, 0.1) is 21.8 Å². The monoisotopic (exact) mass is 473 g/mol. The first-order valence-corrected chi connectivity index (χ1v) is 11.7. The van der Waals surface area contributed by atoms with Crippen LogP contribution in [0.25, 0.3) is 10.9 Å². The Morgan fingerprint density at radius 2 is 1.82 bits per heavy atom. The van der Waals surface area contributed by atoms with Crippen LogP contribution < -0.4 is 0 Å². The zero-order valence-electron chi connectivity index (χ0n) is 17.8. The van der Waals surface area contributed by atoms with Gasteiger partial charge in [-0.25, -0.2) is 0 Å². The Morgan fingerprint density at radius 3 is 2.64 bits per heavy atom. The summed E-state index contributed by atoms with van der Waals surface area (Å²) in [4.78, 5) is 6.17. The summed E-state index contributed by atoms with van der Waals surface area (Å²) in [7, 11) is 0. The van der Waals surface area contributed by atoms with Crippen molar-refractivity contribution >= 4 is 39.8 Å². The van der Waals surface area contributed by atoms with Crippen LogP contribution in [-0.4, -0.2) is 28.7 Å². The Morgan fingerprint density at radius 1 is 0.970 bits per heavy atom. The fourth-order valence-electron chi connectivity index (χ4n) is 4.95. The Hall–Kier alpha value is -2.99. The van der Waals surface area contributed by atoms with Crippen LogP contribution in [0.2, 0.25) is 10.0 Å². The maximum atomic E-state index is 6.75. The lowest BCUT2D eigenvalue weighted by atomic mass is 9.91. The summed E-state index contributed by atoms with van der Waals surface area (Å²) in [5.41, 5.74) is 7.95. The van der Waals surface area contributed by atoms with Crippen molar-refractivity contribution < 1.29 is 0 Å². The topological polar surface area (TPSA) is 56.1 Å². The van der Waals surface area contributed by atoms with E-state index in [-0.39, 0.29) is 6.04 Å². The average Bonchev–Trinajstić information content (AvgIpc) is 3.50. The van der Waals surface area contributed by atoms with Crippen molar-refractivity contribution in [3.63, 3.8) is 0 Å². The van der Waals surface area contributed by atoms with Gasteiger partial charge in [0, 0.05) is 29.7 Å². The van der Waals surface area contributed by atoms with Crippen LogP contribution >= 0.6 is 23.2 Å². The number of halogens is 2. The van der Waals surface area contributed by atoms with E-state index in [4.69, 9.17) is 23.2 Å². The number of hydrogen-bond donors (Lipinski definition) is 1. The van der Waals surface area contributed by atoms with E-state index in [2.05, 4.69) is 79.9 Å². The fourth-order valence-corrected chi connectivity index (χ4v) is 5.36. The Bertz CT molecular complexity index is 1400. The quantitative estimate of drug-likeness (QED) is 0.348. The second kappa shape index (κ2) is 8.41. The van der Waals surface area contributed by atoms with Gasteiger partial charge in [0.1, 0.15) is 6.54 Å². The molecule has 0 bridgehead atoms. The van der Waals surface area contributed by atoms with Gasteiger partial charge in [0.15, 0.2) is 0 Å². The standard InChI is InChI=1S/C26H21Cl2N5/c27-21-6-3-5-20(24(21)28)26-25-19(18-4-1-2-7-22(18)30-25)12-13-33(26)15-16-8-10-17(11-9-16)23-14-29-32-31-23/h1-11,26,30H,12-15H2. The Balaban J connectivity index is 1.39. The molecule has 4 aromatic rings. The van der Waals surface area contributed by atoms with Gasteiger partial charge < -0.3 is 4.98 Å². The molecule has 0 saturated carbocycles. The summed E-state index contributed by atoms with van der Waals surface area (Å²) in [5, 5.41) is 14.3. The highest BCUT2D eigenvalue weighted by Gasteiger charge is 2.33. The molecule has 7 heteroatoms. The molecule has 5 nitrogen and oxygen atoms in total. The smallest absolute Gasteiger partial charge is 0.107 e. The lowest BCUT2D eigenvalue weighted by molar-refractivity contribution is 0.202. The van der Waals surface area contributed by atoms with E-state index in [1.165, 1.54) is 22.2 Å². The van der Waals surface area contributed by atoms with E-state index in [0.717, 1.165) is 41.9 Å². The fraction of sp³-hybridized carbons (Fsp3) is 0.192. The SMILES string of the molecule is Clc1cccc(C2c3[nH]c4ccccc4c3CCN2Cc2ccc(C3=NN=NC3)cc2)c1Cl. The third kappa shape index (κ3) is 3.66. The van der Waals surface area contributed by atoms with Crippen LogP contribution in [0.1, 0.15) is 34.0 Å². The number of H-pyrrole nitrogens is 1. The summed E-state index contributed by atoms with van der Waals surface area (Å²) in [6, 6.07) is 22.9. The molecule has 6 rings (SSSR count). The number of nitrogens with zero attached hydrogens (tertiary/aromatic N) is 4. The molecule has 0 amide bonds. The van der Waals surface area contributed by atoms with Crippen LogP contribution in [-0.2, 0) is 13.0 Å². The lowest BCUT2D eigenvalue weighted by Crippen LogP contribution is -2.35. The Labute approximate surface area is 201 Å². The number of aromatic amines is 1. The molecule has 0 spiro atoms. The molecule has 3 heterocycles. The average molecular weight is 474 g/mol. The summed E-state index contributed by atoms with van der Waals surface area (Å²) in [5.74, 6) is 0. The third-order valence-corrected chi connectivity index (χ3v) is 7.37. The van der Waals surface area contributed by atoms with Crippen LogP contribution in [0.5, 0.6) is 0 Å². The van der Waals surface area contributed by atoms with Crippen molar-refractivity contribution in [2.24, 2.45) is 15.4 Å². The summed E-state index contributed by atoms with van der Waals surface area (Å²) < 4.78 is 0. The first-order valence-electron chi connectivity index (χ1n) is 11.0. The molecule has 1 N–H and O–H groups in total. The van der Waals surface area contributed by atoms with Crippen LogP contribution in [0, 0.1) is 0 Å². The zero-order chi connectivity index (χ0) is 22.4. The predicted molar refractivity (Wildman–Crippen MR) is 133 cm³/mol. The second-order valence-electron chi connectivity index (χ2n) is 8.46. The maximum absolute atomic E-state index is 6.75.